The molecule has 0 aliphatic heterocycles. The number of aliphatic hydroxyl groups excluding tert-OH is 1. The smallest absolute Gasteiger partial charge is 0.255 e. The highest BCUT2D eigenvalue weighted by Gasteiger charge is 2.32. The quantitative estimate of drug-likeness (QED) is 0.724. The molecule has 144 valence electrons. The van der Waals surface area contributed by atoms with E-state index in [1.165, 1.54) is 6.21 Å². The summed E-state index contributed by atoms with van der Waals surface area (Å²) in [6.07, 6.45) is 2.28. The van der Waals surface area contributed by atoms with Crippen LogP contribution in [0.4, 0.5) is 11.4 Å². The third kappa shape index (κ3) is 4.74. The molecule has 0 aromatic heterocycles. The highest BCUT2D eigenvalue weighted by Crippen LogP contribution is 2.35. The first-order valence-electron chi connectivity index (χ1n) is 9.21. The van der Waals surface area contributed by atoms with E-state index in [0.29, 0.717) is 29.8 Å². The van der Waals surface area contributed by atoms with Crippen molar-refractivity contribution in [2.45, 2.75) is 33.6 Å². The lowest BCUT2D eigenvalue weighted by atomic mass is 9.77. The van der Waals surface area contributed by atoms with E-state index in [9.17, 15) is 14.7 Å². The van der Waals surface area contributed by atoms with Gasteiger partial charge in [-0.25, -0.2) is 0 Å². The summed E-state index contributed by atoms with van der Waals surface area (Å²) in [5.74, 6) is -0.183. The number of carbonyl (C=O) groups is 2. The maximum Gasteiger partial charge on any atom is 0.255 e. The number of aliphatic hydroxyl groups is 1. The fourth-order valence-electron chi connectivity index (χ4n) is 3.21. The molecular formula is C23H24N2O3. The zero-order chi connectivity index (χ0) is 20.3. The molecule has 1 amide bonds. The van der Waals surface area contributed by atoms with Crippen molar-refractivity contribution < 1.29 is 14.7 Å². The Labute approximate surface area is 164 Å². The molecule has 0 atom stereocenters. The summed E-state index contributed by atoms with van der Waals surface area (Å²) in [5, 5.41) is 13.0. The normalized spacial score (nSPS) is 16.5. The highest BCUT2D eigenvalue weighted by molar-refractivity contribution is 6.15. The van der Waals surface area contributed by atoms with Crippen LogP contribution in [0.5, 0.6) is 0 Å². The first-order valence-corrected chi connectivity index (χ1v) is 9.21. The van der Waals surface area contributed by atoms with Gasteiger partial charge in [-0.2, -0.15) is 0 Å². The van der Waals surface area contributed by atoms with Crippen molar-refractivity contribution in [1.29, 1.82) is 0 Å². The number of aliphatic imine (C=N–C) groups is 1. The van der Waals surface area contributed by atoms with Crippen LogP contribution < -0.4 is 5.32 Å². The molecule has 5 nitrogen and oxygen atoms in total. The summed E-state index contributed by atoms with van der Waals surface area (Å²) in [5.41, 5.74) is 2.96. The lowest BCUT2D eigenvalue weighted by Gasteiger charge is -2.28. The molecule has 0 radical (unpaired) electrons. The van der Waals surface area contributed by atoms with Gasteiger partial charge in [0.15, 0.2) is 5.78 Å². The van der Waals surface area contributed by atoms with Crippen LogP contribution >= 0.6 is 0 Å². The van der Waals surface area contributed by atoms with Gasteiger partial charge in [0.25, 0.3) is 5.91 Å². The average Bonchev–Trinajstić information content (AvgIpc) is 2.61. The predicted molar refractivity (Wildman–Crippen MR) is 111 cm³/mol. The van der Waals surface area contributed by atoms with Gasteiger partial charge in [0.2, 0.25) is 0 Å². The maximum absolute atomic E-state index is 12.3. The summed E-state index contributed by atoms with van der Waals surface area (Å²) < 4.78 is 0. The number of rotatable bonds is 4. The van der Waals surface area contributed by atoms with Gasteiger partial charge in [0, 0.05) is 30.3 Å². The number of anilines is 1. The average molecular weight is 376 g/mol. The Morgan fingerprint density at radius 2 is 1.86 bits per heavy atom. The molecule has 5 heteroatoms. The number of carbonyl (C=O) groups excluding carboxylic acids is 2. The lowest BCUT2D eigenvalue weighted by Crippen LogP contribution is -2.26. The van der Waals surface area contributed by atoms with Crippen molar-refractivity contribution in [3.05, 3.63) is 71.0 Å². The van der Waals surface area contributed by atoms with E-state index in [2.05, 4.69) is 10.3 Å². The third-order valence-corrected chi connectivity index (χ3v) is 4.64. The fourth-order valence-corrected chi connectivity index (χ4v) is 3.21. The topological polar surface area (TPSA) is 78.8 Å². The minimum atomic E-state index is -0.227. The van der Waals surface area contributed by atoms with Crippen LogP contribution in [0.3, 0.4) is 0 Å². The summed E-state index contributed by atoms with van der Waals surface area (Å²) in [6, 6.07) is 14.4. The van der Waals surface area contributed by atoms with Gasteiger partial charge in [-0.05, 0) is 48.7 Å². The van der Waals surface area contributed by atoms with E-state index < -0.39 is 0 Å². The van der Waals surface area contributed by atoms with Crippen LogP contribution in [0.1, 0.15) is 42.6 Å². The van der Waals surface area contributed by atoms with E-state index in [4.69, 9.17) is 0 Å². The van der Waals surface area contributed by atoms with Crippen molar-refractivity contribution >= 4 is 29.3 Å². The number of allylic oxidation sites excluding steroid dienone is 2. The molecule has 0 bridgehead atoms. The van der Waals surface area contributed by atoms with Gasteiger partial charge in [-0.3, -0.25) is 14.6 Å². The van der Waals surface area contributed by atoms with E-state index in [1.807, 2.05) is 39.0 Å². The Kier molecular flexibility index (Phi) is 5.45. The Balaban J connectivity index is 1.69. The summed E-state index contributed by atoms with van der Waals surface area (Å²) in [7, 11) is 0. The summed E-state index contributed by atoms with van der Waals surface area (Å²) in [6.45, 7) is 5.85. The Morgan fingerprint density at radius 3 is 2.50 bits per heavy atom. The molecule has 0 unspecified atom stereocenters. The number of aryl methyl sites for hydroxylation is 1. The second-order valence-electron chi connectivity index (χ2n) is 7.93. The van der Waals surface area contributed by atoms with Crippen LogP contribution in [-0.2, 0) is 4.79 Å². The minimum absolute atomic E-state index is 0.0899. The first kappa shape index (κ1) is 19.5. The van der Waals surface area contributed by atoms with Gasteiger partial charge in [0.05, 0.1) is 11.3 Å². The van der Waals surface area contributed by atoms with Gasteiger partial charge in [0.1, 0.15) is 5.76 Å². The highest BCUT2D eigenvalue weighted by atomic mass is 16.3. The van der Waals surface area contributed by atoms with Crippen molar-refractivity contribution in [3.63, 3.8) is 0 Å². The monoisotopic (exact) mass is 376 g/mol. The molecule has 0 heterocycles. The predicted octanol–water partition coefficient (Wildman–Crippen LogP) is 5.15. The van der Waals surface area contributed by atoms with Crippen LogP contribution in [-0.4, -0.2) is 23.0 Å². The number of hydrogen-bond acceptors (Lipinski definition) is 4. The van der Waals surface area contributed by atoms with Gasteiger partial charge >= 0.3 is 0 Å². The maximum atomic E-state index is 12.3. The van der Waals surface area contributed by atoms with E-state index in [0.717, 1.165) is 5.56 Å². The van der Waals surface area contributed by atoms with E-state index in [-0.39, 0.29) is 28.4 Å². The molecule has 1 aliphatic rings. The molecule has 0 spiro atoms. The number of ketones is 1. The Bertz CT molecular complexity index is 970. The number of Topliss-reactive ketones (excluding diaryl/α,β-unsaturated/α-hetero) is 1. The first-order chi connectivity index (χ1) is 13.2. The van der Waals surface area contributed by atoms with Crippen LogP contribution in [0.2, 0.25) is 0 Å². The van der Waals surface area contributed by atoms with Crippen LogP contribution in [0, 0.1) is 12.3 Å². The second kappa shape index (κ2) is 7.80. The summed E-state index contributed by atoms with van der Waals surface area (Å²) >= 11 is 0. The van der Waals surface area contributed by atoms with E-state index in [1.54, 1.807) is 30.3 Å². The molecule has 2 aromatic rings. The minimum Gasteiger partial charge on any atom is -0.511 e. The number of hydrogen-bond donors (Lipinski definition) is 2. The van der Waals surface area contributed by atoms with Crippen molar-refractivity contribution in [1.82, 2.24) is 0 Å². The molecule has 3 rings (SSSR count). The van der Waals surface area contributed by atoms with Crippen LogP contribution in [0.25, 0.3) is 0 Å². The fraction of sp³-hybridized carbons (Fsp3) is 0.261. The number of nitrogens with zero attached hydrogens (tertiary/aromatic N) is 1. The van der Waals surface area contributed by atoms with Gasteiger partial charge < -0.3 is 10.4 Å². The van der Waals surface area contributed by atoms with Gasteiger partial charge in [-0.15, -0.1) is 0 Å². The summed E-state index contributed by atoms with van der Waals surface area (Å²) in [4.78, 5) is 28.8. The van der Waals surface area contributed by atoms with Crippen molar-refractivity contribution in [3.8, 4) is 0 Å². The molecule has 0 saturated heterocycles. The number of amides is 1. The molecule has 1 aliphatic carbocycles. The zero-order valence-electron chi connectivity index (χ0n) is 16.3. The lowest BCUT2D eigenvalue weighted by molar-refractivity contribution is -0.117. The van der Waals surface area contributed by atoms with Crippen LogP contribution in [0.15, 0.2) is 64.9 Å². The second-order valence-corrected chi connectivity index (χ2v) is 7.93. The molecule has 0 fully saturated rings. The third-order valence-electron chi connectivity index (χ3n) is 4.64. The van der Waals surface area contributed by atoms with Crippen molar-refractivity contribution in [2.24, 2.45) is 10.4 Å². The number of benzene rings is 2. The van der Waals surface area contributed by atoms with Crippen molar-refractivity contribution in [2.75, 3.05) is 5.32 Å². The SMILES string of the molecule is Cc1cccc(C(=O)Nc2ccc(N=CC3=C(O)CC(C)(C)CC3=O)cc2)c1. The Morgan fingerprint density at radius 1 is 1.14 bits per heavy atom. The zero-order valence-corrected chi connectivity index (χ0v) is 16.3. The Hall–Kier alpha value is -3.21. The van der Waals surface area contributed by atoms with E-state index >= 15 is 0 Å². The molecule has 2 N–H and O–H groups in total. The largest absolute Gasteiger partial charge is 0.511 e. The molecule has 28 heavy (non-hydrogen) atoms. The molecule has 2 aromatic carbocycles. The standard InChI is InChI=1S/C23H24N2O3/c1-15-5-4-6-16(11-15)22(28)25-18-9-7-17(8-10-18)24-14-19-20(26)12-23(2,3)13-21(19)27/h4-11,14,26H,12-13H2,1-3H3,(H,25,28). The van der Waals surface area contributed by atoms with Gasteiger partial charge in [-0.1, -0.05) is 31.5 Å². The molecule has 0 saturated carbocycles. The molecular weight excluding hydrogens is 352 g/mol. The number of nitrogens with one attached hydrogen (secondary N) is 1.